The molecule has 0 saturated heterocycles. The Balaban J connectivity index is 0.817. The molecule has 0 atom stereocenters. The lowest BCUT2D eigenvalue weighted by Gasteiger charge is -2.34. The Labute approximate surface area is 459 Å². The van der Waals surface area contributed by atoms with Gasteiger partial charge in [0.2, 0.25) is 0 Å². The van der Waals surface area contributed by atoms with Crippen LogP contribution in [0, 0.1) is 22.7 Å². The van der Waals surface area contributed by atoms with Crippen LogP contribution in [0.4, 0.5) is 34.1 Å². The number of nitrogens with zero attached hydrogens (tertiary/aromatic N) is 11. The molecule has 12 aromatic rings. The maximum atomic E-state index is 9.47. The molecule has 2 aliphatic rings. The molecule has 374 valence electrons. The van der Waals surface area contributed by atoms with Gasteiger partial charge in [0.25, 0.3) is 0 Å². The molecule has 14 rings (SSSR count). The molecule has 0 bridgehead atoms. The van der Waals surface area contributed by atoms with Crippen LogP contribution < -0.4 is 19.3 Å². The third kappa shape index (κ3) is 8.61. The van der Waals surface area contributed by atoms with Crippen molar-refractivity contribution in [3.05, 3.63) is 248 Å². The molecule has 5 heterocycles. The van der Waals surface area contributed by atoms with E-state index in [2.05, 4.69) is 52.3 Å². The predicted octanol–water partition coefficient (Wildman–Crippen LogP) is 16.0. The Bertz CT molecular complexity index is 4330. The highest BCUT2D eigenvalue weighted by atomic mass is 16.5. The first kappa shape index (κ1) is 46.8. The topological polar surface area (TPSA) is 163 Å². The molecule has 0 aliphatic carbocycles. The van der Waals surface area contributed by atoms with E-state index in [4.69, 9.17) is 44.4 Å². The molecule has 3 aromatic heterocycles. The first-order chi connectivity index (χ1) is 39.5. The summed E-state index contributed by atoms with van der Waals surface area (Å²) in [5.74, 6) is 5.71. The van der Waals surface area contributed by atoms with Gasteiger partial charge in [-0.2, -0.15) is 10.5 Å². The number of pyridine rings is 1. The van der Waals surface area contributed by atoms with Crippen LogP contribution in [0.5, 0.6) is 23.0 Å². The zero-order chi connectivity index (χ0) is 53.5. The lowest BCUT2D eigenvalue weighted by Crippen LogP contribution is -2.16. The summed E-state index contributed by atoms with van der Waals surface area (Å²) >= 11 is 0. The molecule has 0 saturated carbocycles. The van der Waals surface area contributed by atoms with Crippen molar-refractivity contribution in [2.24, 2.45) is 0 Å². The fourth-order valence-electron chi connectivity index (χ4n) is 9.99. The fourth-order valence-corrected chi connectivity index (χ4v) is 9.99. The molecule has 2 aliphatic heterocycles. The molecule has 0 radical (unpaired) electrons. The highest BCUT2D eigenvalue weighted by Gasteiger charge is 2.30. The molecule has 13 heteroatoms. The average molecular weight is 1030 g/mol. The van der Waals surface area contributed by atoms with E-state index in [0.29, 0.717) is 63.3 Å². The van der Waals surface area contributed by atoms with Crippen molar-refractivity contribution in [2.75, 3.05) is 9.80 Å². The van der Waals surface area contributed by atoms with E-state index in [1.54, 1.807) is 30.5 Å². The van der Waals surface area contributed by atoms with Gasteiger partial charge in [-0.25, -0.2) is 29.9 Å². The molecule has 0 unspecified atom stereocenters. The van der Waals surface area contributed by atoms with Crippen LogP contribution in [-0.2, 0) is 0 Å². The second-order valence-corrected chi connectivity index (χ2v) is 18.8. The fraction of sp³-hybridized carbons (Fsp3) is 0. The van der Waals surface area contributed by atoms with Gasteiger partial charge in [-0.05, 0) is 157 Å². The summed E-state index contributed by atoms with van der Waals surface area (Å²) in [6, 6.07) is 79.0. The minimum absolute atomic E-state index is 0.416. The summed E-state index contributed by atoms with van der Waals surface area (Å²) in [5, 5.41) is 18.9. The minimum atomic E-state index is 0.416. The van der Waals surface area contributed by atoms with E-state index in [1.807, 2.05) is 176 Å². The van der Waals surface area contributed by atoms with Crippen LogP contribution in [0.1, 0.15) is 11.1 Å². The molecule has 0 N–H and O–H groups in total. The average Bonchev–Trinajstić information content (AvgIpc) is 3.73. The maximum absolute atomic E-state index is 9.47. The van der Waals surface area contributed by atoms with Crippen molar-refractivity contribution in [2.45, 2.75) is 0 Å². The van der Waals surface area contributed by atoms with Gasteiger partial charge in [0.15, 0.2) is 57.9 Å². The standard InChI is InChI=1S/C67H39N11O2/c68-40-42-21-25-45(26-22-42)63-72-64(46-27-23-43(41-69)24-28-46)74-65(73-63)47-31-35-51(36-32-47)78-56-16-6-9-20-60(56)80-61-52(13-10-17-57(61)78)49-37-38-70-53(39-49)67-75-62(44-11-2-1-3-12-44)71-66(76-67)48-29-33-50(34-30-48)77-54-14-4-7-18-58(54)79-59-19-8-5-15-55(59)77/h1-39H. The number of rotatable bonds is 9. The second-order valence-electron chi connectivity index (χ2n) is 18.8. The Morgan fingerprint density at radius 3 is 1.19 bits per heavy atom. The van der Waals surface area contributed by atoms with Gasteiger partial charge in [0.1, 0.15) is 5.69 Å². The van der Waals surface area contributed by atoms with E-state index in [1.165, 1.54) is 0 Å². The SMILES string of the molecule is N#Cc1ccc(-c2nc(-c3ccc(C#N)cc3)nc(-c3ccc(N4c5ccccc5Oc5c(-c6ccnc(-c7nc(-c8ccccc8)nc(-c8ccc(N9c%10ccccc%10Oc%10ccccc%109)cc8)n7)c6)cccc54)cc3)n2)cc1. The summed E-state index contributed by atoms with van der Waals surface area (Å²) < 4.78 is 13.1. The van der Waals surface area contributed by atoms with Crippen molar-refractivity contribution in [3.63, 3.8) is 0 Å². The van der Waals surface area contributed by atoms with Gasteiger partial charge >= 0.3 is 0 Å². The van der Waals surface area contributed by atoms with Crippen LogP contribution >= 0.6 is 0 Å². The molecular weight excluding hydrogens is 991 g/mol. The summed E-state index contributed by atoms with van der Waals surface area (Å²) in [7, 11) is 0. The number of aromatic nitrogens is 7. The number of nitriles is 2. The Kier molecular flexibility index (Phi) is 11.6. The lowest BCUT2D eigenvalue weighted by molar-refractivity contribution is 0.477. The molecule has 0 spiro atoms. The largest absolute Gasteiger partial charge is 0.453 e. The molecule has 9 aromatic carbocycles. The van der Waals surface area contributed by atoms with Crippen molar-refractivity contribution in [3.8, 4) is 115 Å². The van der Waals surface area contributed by atoms with Gasteiger partial charge in [0, 0.05) is 51.0 Å². The Morgan fingerprint density at radius 1 is 0.325 bits per heavy atom. The number of anilines is 6. The number of benzene rings is 9. The first-order valence-electron chi connectivity index (χ1n) is 25.6. The van der Waals surface area contributed by atoms with E-state index < -0.39 is 0 Å². The molecular formula is C67H39N11O2. The van der Waals surface area contributed by atoms with Crippen molar-refractivity contribution < 1.29 is 9.47 Å². The third-order valence-electron chi connectivity index (χ3n) is 13.9. The molecule has 0 fully saturated rings. The summed E-state index contributed by atoms with van der Waals surface area (Å²) in [6.07, 6.45) is 1.77. The van der Waals surface area contributed by atoms with Crippen LogP contribution in [0.2, 0.25) is 0 Å². The zero-order valence-electron chi connectivity index (χ0n) is 42.3. The highest BCUT2D eigenvalue weighted by Crippen LogP contribution is 2.54. The van der Waals surface area contributed by atoms with Crippen LogP contribution in [-0.4, -0.2) is 34.9 Å². The summed E-state index contributed by atoms with van der Waals surface area (Å²) in [6.45, 7) is 0. The van der Waals surface area contributed by atoms with Gasteiger partial charge in [-0.3, -0.25) is 4.98 Å². The van der Waals surface area contributed by atoms with Gasteiger partial charge < -0.3 is 19.3 Å². The normalized spacial score (nSPS) is 11.9. The Morgan fingerprint density at radius 2 is 0.713 bits per heavy atom. The van der Waals surface area contributed by atoms with Crippen molar-refractivity contribution >= 4 is 34.1 Å². The van der Waals surface area contributed by atoms with Crippen LogP contribution in [0.15, 0.2) is 237 Å². The molecule has 80 heavy (non-hydrogen) atoms. The van der Waals surface area contributed by atoms with Gasteiger partial charge in [0.05, 0.1) is 46.0 Å². The predicted molar refractivity (Wildman–Crippen MR) is 308 cm³/mol. The maximum Gasteiger partial charge on any atom is 0.182 e. The van der Waals surface area contributed by atoms with E-state index in [0.717, 1.165) is 84.6 Å². The van der Waals surface area contributed by atoms with Crippen LogP contribution in [0.25, 0.3) is 79.6 Å². The van der Waals surface area contributed by atoms with Crippen molar-refractivity contribution in [1.82, 2.24) is 34.9 Å². The number of ether oxygens (including phenoxy) is 2. The van der Waals surface area contributed by atoms with Gasteiger partial charge in [-0.15, -0.1) is 0 Å². The number of fused-ring (bicyclic) bond motifs is 4. The minimum Gasteiger partial charge on any atom is -0.453 e. The second kappa shape index (κ2) is 19.8. The van der Waals surface area contributed by atoms with E-state index in [9.17, 15) is 10.5 Å². The summed E-state index contributed by atoms with van der Waals surface area (Å²) in [4.78, 5) is 39.2. The number of hydrogen-bond donors (Lipinski definition) is 0. The zero-order valence-corrected chi connectivity index (χ0v) is 42.3. The van der Waals surface area contributed by atoms with E-state index in [-0.39, 0.29) is 0 Å². The molecule has 0 amide bonds. The smallest absolute Gasteiger partial charge is 0.182 e. The number of para-hydroxylation sites is 7. The molecule has 13 nitrogen and oxygen atoms in total. The van der Waals surface area contributed by atoms with E-state index >= 15 is 0 Å². The monoisotopic (exact) mass is 1030 g/mol. The lowest BCUT2D eigenvalue weighted by atomic mass is 10.0. The van der Waals surface area contributed by atoms with Crippen molar-refractivity contribution in [1.29, 1.82) is 10.5 Å². The summed E-state index contributed by atoms with van der Waals surface area (Å²) in [5.41, 5.74) is 12.6. The quantitative estimate of drug-likeness (QED) is 0.134. The van der Waals surface area contributed by atoms with Gasteiger partial charge in [-0.1, -0.05) is 78.9 Å². The number of hydrogen-bond acceptors (Lipinski definition) is 13. The highest BCUT2D eigenvalue weighted by molar-refractivity contribution is 5.92. The first-order valence-corrected chi connectivity index (χ1v) is 25.6. The van der Waals surface area contributed by atoms with Crippen LogP contribution in [0.3, 0.4) is 0 Å². The Hall–Kier alpha value is -11.7. The third-order valence-corrected chi connectivity index (χ3v) is 13.9.